The molecule has 1 N–H and O–H groups in total. The monoisotopic (exact) mass is 305 g/mol. The van der Waals surface area contributed by atoms with Crippen LogP contribution in [-0.2, 0) is 10.0 Å². The normalized spacial score (nSPS) is 16.4. The lowest BCUT2D eigenvalue weighted by Gasteiger charge is -2.36. The Kier molecular flexibility index (Phi) is 4.72. The van der Waals surface area contributed by atoms with Crippen LogP contribution in [0.1, 0.15) is 25.7 Å². The maximum atomic E-state index is 13.7. The highest BCUT2D eigenvalue weighted by Crippen LogP contribution is 2.31. The summed E-state index contributed by atoms with van der Waals surface area (Å²) in [7, 11) is -4.22. The molecule has 0 aliphatic heterocycles. The van der Waals surface area contributed by atoms with E-state index in [1.165, 1.54) is 0 Å². The molecule has 1 saturated carbocycles. The van der Waals surface area contributed by atoms with Crippen LogP contribution in [0, 0.1) is 11.6 Å². The van der Waals surface area contributed by atoms with E-state index in [2.05, 4.69) is 0 Å². The average molecular weight is 305 g/mol. The Morgan fingerprint density at radius 3 is 2.30 bits per heavy atom. The summed E-state index contributed by atoms with van der Waals surface area (Å²) in [5.74, 6) is -2.17. The second kappa shape index (κ2) is 6.15. The molecule has 7 heteroatoms. The van der Waals surface area contributed by atoms with Crippen molar-refractivity contribution in [3.63, 3.8) is 0 Å². The third kappa shape index (κ3) is 2.84. The summed E-state index contributed by atoms with van der Waals surface area (Å²) in [6.45, 7) is -0.101. The molecule has 1 aliphatic carbocycles. The number of sulfonamides is 1. The summed E-state index contributed by atoms with van der Waals surface area (Å²) in [6, 6.07) is 2.76. The molecule has 0 aromatic heterocycles. The van der Waals surface area contributed by atoms with Crippen molar-refractivity contribution >= 4 is 10.0 Å². The minimum Gasteiger partial charge on any atom is -0.396 e. The van der Waals surface area contributed by atoms with Gasteiger partial charge in [0.1, 0.15) is 11.6 Å². The average Bonchev–Trinajstić information content (AvgIpc) is 2.31. The minimum absolute atomic E-state index is 0.0667. The van der Waals surface area contributed by atoms with E-state index in [0.29, 0.717) is 12.8 Å². The van der Waals surface area contributed by atoms with E-state index in [4.69, 9.17) is 5.11 Å². The largest absolute Gasteiger partial charge is 0.396 e. The number of hydrogen-bond donors (Lipinski definition) is 1. The zero-order valence-corrected chi connectivity index (χ0v) is 11.7. The Morgan fingerprint density at radius 1 is 1.25 bits per heavy atom. The van der Waals surface area contributed by atoms with Gasteiger partial charge in [-0.15, -0.1) is 0 Å². The first kappa shape index (κ1) is 15.3. The number of nitrogens with zero attached hydrogens (tertiary/aromatic N) is 1. The Hall–Kier alpha value is -1.05. The molecule has 0 heterocycles. The fourth-order valence-corrected chi connectivity index (χ4v) is 4.08. The zero-order chi connectivity index (χ0) is 14.8. The van der Waals surface area contributed by atoms with Gasteiger partial charge in [0.25, 0.3) is 0 Å². The second-order valence-corrected chi connectivity index (χ2v) is 6.66. The van der Waals surface area contributed by atoms with E-state index in [9.17, 15) is 17.2 Å². The van der Waals surface area contributed by atoms with Crippen molar-refractivity contribution in [2.45, 2.75) is 36.6 Å². The van der Waals surface area contributed by atoms with Gasteiger partial charge in [-0.3, -0.25) is 0 Å². The molecule has 20 heavy (non-hydrogen) atoms. The summed E-state index contributed by atoms with van der Waals surface area (Å²) in [5.41, 5.74) is 0. The molecule has 1 aliphatic rings. The van der Waals surface area contributed by atoms with E-state index in [1.54, 1.807) is 0 Å². The van der Waals surface area contributed by atoms with Gasteiger partial charge >= 0.3 is 0 Å². The van der Waals surface area contributed by atoms with Crippen LogP contribution in [0.2, 0.25) is 0 Å². The fourth-order valence-electron chi connectivity index (χ4n) is 2.25. The van der Waals surface area contributed by atoms with Gasteiger partial charge in [-0.1, -0.05) is 12.5 Å². The van der Waals surface area contributed by atoms with Gasteiger partial charge in [0.05, 0.1) is 0 Å². The van der Waals surface area contributed by atoms with Gasteiger partial charge in [-0.25, -0.2) is 17.2 Å². The summed E-state index contributed by atoms with van der Waals surface area (Å²) >= 11 is 0. The highest BCUT2D eigenvalue weighted by molar-refractivity contribution is 7.89. The quantitative estimate of drug-likeness (QED) is 0.873. The van der Waals surface area contributed by atoms with Crippen LogP contribution in [0.3, 0.4) is 0 Å². The molecule has 1 fully saturated rings. The van der Waals surface area contributed by atoms with Crippen molar-refractivity contribution in [2.75, 3.05) is 13.2 Å². The van der Waals surface area contributed by atoms with Crippen LogP contribution in [0.4, 0.5) is 8.78 Å². The molecular weight excluding hydrogens is 288 g/mol. The lowest BCUT2D eigenvalue weighted by atomic mass is 9.93. The van der Waals surface area contributed by atoms with Crippen LogP contribution < -0.4 is 0 Å². The maximum absolute atomic E-state index is 13.7. The maximum Gasteiger partial charge on any atom is 0.249 e. The smallest absolute Gasteiger partial charge is 0.249 e. The number of aliphatic hydroxyl groups excluding tert-OH is 1. The van der Waals surface area contributed by atoms with Crippen molar-refractivity contribution in [3.05, 3.63) is 29.8 Å². The Labute approximate surface area is 117 Å². The third-order valence-electron chi connectivity index (χ3n) is 3.50. The van der Waals surface area contributed by atoms with Gasteiger partial charge in [0.15, 0.2) is 4.90 Å². The van der Waals surface area contributed by atoms with Gasteiger partial charge in [0.2, 0.25) is 10.0 Å². The first-order valence-corrected chi connectivity index (χ1v) is 7.99. The van der Waals surface area contributed by atoms with Crippen molar-refractivity contribution in [1.82, 2.24) is 4.31 Å². The van der Waals surface area contributed by atoms with Crippen LogP contribution in [-0.4, -0.2) is 37.0 Å². The number of halogens is 2. The second-order valence-electron chi connectivity index (χ2n) is 4.83. The fraction of sp³-hybridized carbons (Fsp3) is 0.538. The zero-order valence-electron chi connectivity index (χ0n) is 10.9. The molecule has 0 amide bonds. The molecule has 4 nitrogen and oxygen atoms in total. The molecule has 0 saturated heterocycles. The predicted molar refractivity (Wildman–Crippen MR) is 69.6 cm³/mol. The molecule has 0 radical (unpaired) electrons. The van der Waals surface area contributed by atoms with Crippen molar-refractivity contribution in [1.29, 1.82) is 0 Å². The first-order chi connectivity index (χ1) is 9.48. The highest BCUT2D eigenvalue weighted by atomic mass is 32.2. The number of rotatable bonds is 6. The van der Waals surface area contributed by atoms with E-state index < -0.39 is 26.6 Å². The summed E-state index contributed by atoms with van der Waals surface area (Å²) in [6.07, 6.45) is 2.50. The van der Waals surface area contributed by atoms with E-state index in [0.717, 1.165) is 28.9 Å². The topological polar surface area (TPSA) is 57.6 Å². The molecule has 0 spiro atoms. The predicted octanol–water partition coefficient (Wildman–Crippen LogP) is 1.89. The van der Waals surface area contributed by atoms with E-state index >= 15 is 0 Å². The van der Waals surface area contributed by atoms with Gasteiger partial charge in [-0.2, -0.15) is 4.31 Å². The van der Waals surface area contributed by atoms with Crippen molar-refractivity contribution < 1.29 is 22.3 Å². The third-order valence-corrected chi connectivity index (χ3v) is 5.51. The Bertz CT molecular complexity index is 553. The summed E-state index contributed by atoms with van der Waals surface area (Å²) < 4.78 is 53.5. The van der Waals surface area contributed by atoms with E-state index in [-0.39, 0.29) is 25.6 Å². The minimum atomic E-state index is -4.22. The van der Waals surface area contributed by atoms with E-state index in [1.807, 2.05) is 0 Å². The molecule has 112 valence electrons. The van der Waals surface area contributed by atoms with Gasteiger partial charge < -0.3 is 5.11 Å². The van der Waals surface area contributed by atoms with Gasteiger partial charge in [-0.05, 0) is 31.4 Å². The summed E-state index contributed by atoms with van der Waals surface area (Å²) in [5, 5.41) is 8.86. The molecule has 1 aromatic carbocycles. The molecule has 2 rings (SSSR count). The molecular formula is C13H17F2NO3S. The Morgan fingerprint density at radius 2 is 1.85 bits per heavy atom. The Balaban J connectivity index is 2.39. The molecule has 0 atom stereocenters. The molecule has 0 unspecified atom stereocenters. The number of hydrogen-bond acceptors (Lipinski definition) is 3. The first-order valence-electron chi connectivity index (χ1n) is 6.55. The van der Waals surface area contributed by atoms with Crippen molar-refractivity contribution in [3.8, 4) is 0 Å². The van der Waals surface area contributed by atoms with Crippen LogP contribution in [0.25, 0.3) is 0 Å². The molecule has 0 bridgehead atoms. The lowest BCUT2D eigenvalue weighted by molar-refractivity contribution is 0.197. The van der Waals surface area contributed by atoms with Crippen LogP contribution in [0.15, 0.2) is 23.1 Å². The van der Waals surface area contributed by atoms with Crippen molar-refractivity contribution in [2.24, 2.45) is 0 Å². The molecule has 1 aromatic rings. The summed E-state index contributed by atoms with van der Waals surface area (Å²) in [4.78, 5) is -0.898. The number of benzene rings is 1. The van der Waals surface area contributed by atoms with Crippen LogP contribution >= 0.6 is 0 Å². The van der Waals surface area contributed by atoms with Gasteiger partial charge in [0, 0.05) is 19.2 Å². The lowest BCUT2D eigenvalue weighted by Crippen LogP contribution is -2.45. The van der Waals surface area contributed by atoms with Crippen LogP contribution in [0.5, 0.6) is 0 Å². The number of aliphatic hydroxyl groups is 1. The SMILES string of the molecule is O=S(=O)(c1c(F)cccc1F)N(CCCO)C1CCC1. The standard InChI is InChI=1S/C13H17F2NO3S/c14-11-6-2-7-12(15)13(11)20(18,19)16(8-3-9-17)10-4-1-5-10/h2,6-7,10,17H,1,3-5,8-9H2. The highest BCUT2D eigenvalue weighted by Gasteiger charge is 2.37.